The van der Waals surface area contributed by atoms with Gasteiger partial charge in [-0.3, -0.25) is 9.89 Å². The van der Waals surface area contributed by atoms with Crippen molar-refractivity contribution in [2.75, 3.05) is 32.7 Å². The van der Waals surface area contributed by atoms with Crippen molar-refractivity contribution in [3.63, 3.8) is 0 Å². The van der Waals surface area contributed by atoms with Crippen molar-refractivity contribution in [2.45, 2.75) is 59.9 Å². The molecule has 0 radical (unpaired) electrons. The molecule has 0 aromatic carbocycles. The van der Waals surface area contributed by atoms with E-state index in [-0.39, 0.29) is 0 Å². The third-order valence-electron chi connectivity index (χ3n) is 4.86. The van der Waals surface area contributed by atoms with Gasteiger partial charge >= 0.3 is 0 Å². The highest BCUT2D eigenvalue weighted by atomic mass is 32.1. The van der Waals surface area contributed by atoms with E-state index >= 15 is 0 Å². The molecule has 0 amide bonds. The number of nitrogens with zero attached hydrogens (tertiary/aromatic N) is 3. The Morgan fingerprint density at radius 3 is 2.52 bits per heavy atom. The summed E-state index contributed by atoms with van der Waals surface area (Å²) in [6.45, 7) is 16.0. The van der Waals surface area contributed by atoms with E-state index in [1.54, 1.807) is 11.3 Å². The topological polar surface area (TPSA) is 52.6 Å². The SMILES string of the molecule is CCNC(=NCC(C(C)C)N1CCCC1)NCCc1nc(C)c(C)s1. The van der Waals surface area contributed by atoms with Gasteiger partial charge in [0.15, 0.2) is 5.96 Å². The Kier molecular flexibility index (Phi) is 8.16. The van der Waals surface area contributed by atoms with Crippen molar-refractivity contribution < 1.29 is 0 Å². The van der Waals surface area contributed by atoms with Gasteiger partial charge in [0, 0.05) is 30.4 Å². The molecule has 0 spiro atoms. The van der Waals surface area contributed by atoms with Crippen molar-refractivity contribution >= 4 is 17.3 Å². The van der Waals surface area contributed by atoms with Crippen molar-refractivity contribution in [1.82, 2.24) is 20.5 Å². The Labute approximate surface area is 157 Å². The lowest BCUT2D eigenvalue weighted by Crippen LogP contribution is -2.42. The molecule has 1 aromatic rings. The molecule has 1 aromatic heterocycles. The molecule has 1 atom stereocenters. The average molecular weight is 366 g/mol. The quantitative estimate of drug-likeness (QED) is 0.549. The molecule has 1 unspecified atom stereocenters. The number of aromatic nitrogens is 1. The monoisotopic (exact) mass is 365 g/mol. The van der Waals surface area contributed by atoms with E-state index in [1.807, 2.05) is 0 Å². The minimum Gasteiger partial charge on any atom is -0.357 e. The van der Waals surface area contributed by atoms with Gasteiger partial charge in [-0.2, -0.15) is 0 Å². The van der Waals surface area contributed by atoms with Gasteiger partial charge in [0.2, 0.25) is 0 Å². The molecule has 0 saturated carbocycles. The first kappa shape index (κ1) is 20.2. The van der Waals surface area contributed by atoms with Gasteiger partial charge in [0.1, 0.15) is 0 Å². The van der Waals surface area contributed by atoms with Gasteiger partial charge in [-0.25, -0.2) is 4.98 Å². The number of aryl methyl sites for hydroxylation is 2. The van der Waals surface area contributed by atoms with Gasteiger partial charge in [-0.15, -0.1) is 11.3 Å². The van der Waals surface area contributed by atoms with Crippen molar-refractivity contribution in [3.8, 4) is 0 Å². The number of thiazole rings is 1. The van der Waals surface area contributed by atoms with Crippen LogP contribution in [0.4, 0.5) is 0 Å². The minimum absolute atomic E-state index is 0.544. The lowest BCUT2D eigenvalue weighted by atomic mass is 10.0. The number of rotatable bonds is 8. The average Bonchev–Trinajstić information content (AvgIpc) is 3.18. The fourth-order valence-electron chi connectivity index (χ4n) is 3.28. The van der Waals surface area contributed by atoms with Crippen LogP contribution in [-0.4, -0.2) is 54.6 Å². The molecular formula is C19H35N5S. The predicted molar refractivity (Wildman–Crippen MR) is 109 cm³/mol. The second kappa shape index (κ2) is 10.1. The van der Waals surface area contributed by atoms with Gasteiger partial charge in [0.25, 0.3) is 0 Å². The van der Waals surface area contributed by atoms with E-state index in [1.165, 1.54) is 35.8 Å². The van der Waals surface area contributed by atoms with Crippen LogP contribution in [0.5, 0.6) is 0 Å². The maximum atomic E-state index is 4.87. The molecule has 1 saturated heterocycles. The Bertz CT molecular complexity index is 527. The summed E-state index contributed by atoms with van der Waals surface area (Å²) in [5, 5.41) is 8.05. The summed E-state index contributed by atoms with van der Waals surface area (Å²) in [7, 11) is 0. The molecule has 25 heavy (non-hydrogen) atoms. The highest BCUT2D eigenvalue weighted by Gasteiger charge is 2.24. The molecule has 1 aliphatic rings. The summed E-state index contributed by atoms with van der Waals surface area (Å²) in [6, 6.07) is 0.544. The maximum Gasteiger partial charge on any atom is 0.191 e. The van der Waals surface area contributed by atoms with Gasteiger partial charge < -0.3 is 10.6 Å². The second-order valence-electron chi connectivity index (χ2n) is 7.20. The fourth-order valence-corrected chi connectivity index (χ4v) is 4.22. The van der Waals surface area contributed by atoms with Gasteiger partial charge in [-0.1, -0.05) is 13.8 Å². The predicted octanol–water partition coefficient (Wildman–Crippen LogP) is 2.98. The van der Waals surface area contributed by atoms with Crippen molar-refractivity contribution in [2.24, 2.45) is 10.9 Å². The normalized spacial score (nSPS) is 17.3. The number of hydrogen-bond acceptors (Lipinski definition) is 4. The summed E-state index contributed by atoms with van der Waals surface area (Å²) in [6.07, 6.45) is 3.61. The summed E-state index contributed by atoms with van der Waals surface area (Å²) >= 11 is 1.80. The Morgan fingerprint density at radius 2 is 1.96 bits per heavy atom. The van der Waals surface area contributed by atoms with Crippen LogP contribution < -0.4 is 10.6 Å². The highest BCUT2D eigenvalue weighted by molar-refractivity contribution is 7.11. The molecule has 1 fully saturated rings. The van der Waals surface area contributed by atoms with Crippen LogP contribution in [0.2, 0.25) is 0 Å². The molecule has 0 bridgehead atoms. The summed E-state index contributed by atoms with van der Waals surface area (Å²) < 4.78 is 0. The maximum absolute atomic E-state index is 4.87. The smallest absolute Gasteiger partial charge is 0.191 e. The van der Waals surface area contributed by atoms with E-state index in [9.17, 15) is 0 Å². The van der Waals surface area contributed by atoms with Crippen LogP contribution in [0, 0.1) is 19.8 Å². The van der Waals surface area contributed by atoms with E-state index in [0.717, 1.165) is 37.7 Å². The molecule has 5 nitrogen and oxygen atoms in total. The van der Waals surface area contributed by atoms with E-state index in [0.29, 0.717) is 12.0 Å². The number of aliphatic imine (C=N–C) groups is 1. The van der Waals surface area contributed by atoms with Crippen LogP contribution in [0.15, 0.2) is 4.99 Å². The third-order valence-corrected chi connectivity index (χ3v) is 6.00. The molecule has 2 rings (SSSR count). The number of guanidine groups is 1. The molecular weight excluding hydrogens is 330 g/mol. The molecule has 2 N–H and O–H groups in total. The number of nitrogens with one attached hydrogen (secondary N) is 2. The molecule has 142 valence electrons. The lowest BCUT2D eigenvalue weighted by molar-refractivity contribution is 0.197. The second-order valence-corrected chi connectivity index (χ2v) is 8.49. The largest absolute Gasteiger partial charge is 0.357 e. The third kappa shape index (κ3) is 6.26. The summed E-state index contributed by atoms with van der Waals surface area (Å²) in [5.41, 5.74) is 1.16. The Balaban J connectivity index is 1.87. The fraction of sp³-hybridized carbons (Fsp3) is 0.789. The summed E-state index contributed by atoms with van der Waals surface area (Å²) in [5.74, 6) is 1.56. The number of likely N-dealkylation sites (tertiary alicyclic amines) is 1. The van der Waals surface area contributed by atoms with Crippen LogP contribution >= 0.6 is 11.3 Å². The van der Waals surface area contributed by atoms with E-state index in [2.05, 4.69) is 55.1 Å². The minimum atomic E-state index is 0.544. The first-order valence-corrected chi connectivity index (χ1v) is 10.5. The van der Waals surface area contributed by atoms with Gasteiger partial charge in [0.05, 0.1) is 17.2 Å². The van der Waals surface area contributed by atoms with Crippen molar-refractivity contribution in [1.29, 1.82) is 0 Å². The van der Waals surface area contributed by atoms with Crippen LogP contribution in [-0.2, 0) is 6.42 Å². The zero-order valence-electron chi connectivity index (χ0n) is 16.6. The molecule has 0 aliphatic carbocycles. The molecule has 6 heteroatoms. The van der Waals surface area contributed by atoms with Crippen LogP contribution in [0.3, 0.4) is 0 Å². The van der Waals surface area contributed by atoms with E-state index in [4.69, 9.17) is 4.99 Å². The number of hydrogen-bond donors (Lipinski definition) is 2. The zero-order valence-corrected chi connectivity index (χ0v) is 17.4. The van der Waals surface area contributed by atoms with Crippen LogP contribution in [0.1, 0.15) is 49.2 Å². The summed E-state index contributed by atoms with van der Waals surface area (Å²) in [4.78, 5) is 13.4. The zero-order chi connectivity index (χ0) is 18.2. The first-order chi connectivity index (χ1) is 12.0. The Morgan fingerprint density at radius 1 is 1.24 bits per heavy atom. The van der Waals surface area contributed by atoms with Crippen LogP contribution in [0.25, 0.3) is 0 Å². The Hall–Kier alpha value is -1.14. The lowest BCUT2D eigenvalue weighted by Gasteiger charge is -2.29. The van der Waals surface area contributed by atoms with Crippen molar-refractivity contribution in [3.05, 3.63) is 15.6 Å². The molecule has 1 aliphatic heterocycles. The first-order valence-electron chi connectivity index (χ1n) is 9.70. The molecule has 2 heterocycles. The standard InChI is InChI=1S/C19H35N5S/c1-6-20-19(21-10-9-18-23-15(4)16(5)25-18)22-13-17(14(2)3)24-11-7-8-12-24/h14,17H,6-13H2,1-5H3,(H2,20,21,22). The highest BCUT2D eigenvalue weighted by Crippen LogP contribution is 2.18. The van der Waals surface area contributed by atoms with E-state index < -0.39 is 0 Å². The van der Waals surface area contributed by atoms with Gasteiger partial charge in [-0.05, 0) is 52.6 Å².